The van der Waals surface area contributed by atoms with E-state index in [9.17, 15) is 0 Å². The maximum Gasteiger partial charge on any atom is 0.0547 e. The molecule has 0 aliphatic carbocycles. The van der Waals surface area contributed by atoms with E-state index in [0.29, 0.717) is 6.10 Å². The molecule has 0 aromatic heterocycles. The average molecular weight is 157 g/mol. The van der Waals surface area contributed by atoms with Gasteiger partial charge < -0.3 is 4.74 Å². The molecule has 0 aliphatic heterocycles. The van der Waals surface area contributed by atoms with Gasteiger partial charge in [-0.1, -0.05) is 33.1 Å². The van der Waals surface area contributed by atoms with E-state index >= 15 is 0 Å². The summed E-state index contributed by atoms with van der Waals surface area (Å²) >= 11 is 0. The SMILES string of the molecule is [CH2]CCC(C)OCCCCC. The summed E-state index contributed by atoms with van der Waals surface area (Å²) in [4.78, 5) is 0. The van der Waals surface area contributed by atoms with E-state index in [4.69, 9.17) is 4.74 Å². The minimum Gasteiger partial charge on any atom is -0.379 e. The maximum atomic E-state index is 5.54. The van der Waals surface area contributed by atoms with Crippen molar-refractivity contribution in [2.45, 2.75) is 52.1 Å². The van der Waals surface area contributed by atoms with Gasteiger partial charge in [-0.15, -0.1) is 0 Å². The third-order valence-corrected chi connectivity index (χ3v) is 1.76. The van der Waals surface area contributed by atoms with Crippen molar-refractivity contribution in [3.05, 3.63) is 6.92 Å². The molecule has 67 valence electrons. The first-order valence-electron chi connectivity index (χ1n) is 4.72. The van der Waals surface area contributed by atoms with E-state index in [1.54, 1.807) is 0 Å². The summed E-state index contributed by atoms with van der Waals surface area (Å²) in [5.74, 6) is 0. The average Bonchev–Trinajstić information content (AvgIpc) is 1.99. The van der Waals surface area contributed by atoms with Crippen LogP contribution in [0.3, 0.4) is 0 Å². The van der Waals surface area contributed by atoms with Gasteiger partial charge in [0.2, 0.25) is 0 Å². The summed E-state index contributed by atoms with van der Waals surface area (Å²) in [5.41, 5.74) is 0. The first kappa shape index (κ1) is 11.0. The summed E-state index contributed by atoms with van der Waals surface area (Å²) < 4.78 is 5.54. The van der Waals surface area contributed by atoms with E-state index in [1.165, 1.54) is 19.3 Å². The molecular formula is C10H21O. The van der Waals surface area contributed by atoms with E-state index in [-0.39, 0.29) is 0 Å². The van der Waals surface area contributed by atoms with E-state index < -0.39 is 0 Å². The second kappa shape index (κ2) is 8.06. The van der Waals surface area contributed by atoms with Crippen molar-refractivity contribution in [3.63, 3.8) is 0 Å². The molecule has 0 aromatic rings. The second-order valence-corrected chi connectivity index (χ2v) is 3.03. The lowest BCUT2D eigenvalue weighted by atomic mass is 10.2. The lowest BCUT2D eigenvalue weighted by Gasteiger charge is -2.10. The van der Waals surface area contributed by atoms with Gasteiger partial charge in [0.25, 0.3) is 0 Å². The van der Waals surface area contributed by atoms with Crippen molar-refractivity contribution >= 4 is 0 Å². The quantitative estimate of drug-likeness (QED) is 0.516. The standard InChI is InChI=1S/C10H21O/c1-4-6-7-9-11-10(3)8-5-2/h10H,2,4-9H2,1,3H3. The molecule has 0 N–H and O–H groups in total. The minimum atomic E-state index is 0.407. The van der Waals surface area contributed by atoms with Crippen molar-refractivity contribution in [3.8, 4) is 0 Å². The molecule has 1 atom stereocenters. The van der Waals surface area contributed by atoms with E-state index in [1.807, 2.05) is 0 Å². The molecule has 1 radical (unpaired) electrons. The zero-order valence-corrected chi connectivity index (χ0v) is 7.94. The van der Waals surface area contributed by atoms with Crippen molar-refractivity contribution in [2.24, 2.45) is 0 Å². The number of rotatable bonds is 7. The van der Waals surface area contributed by atoms with Gasteiger partial charge in [0.15, 0.2) is 0 Å². The highest BCUT2D eigenvalue weighted by molar-refractivity contribution is 4.51. The summed E-state index contributed by atoms with van der Waals surface area (Å²) in [5, 5.41) is 0. The number of ether oxygens (including phenoxy) is 1. The zero-order chi connectivity index (χ0) is 8.53. The van der Waals surface area contributed by atoms with Crippen molar-refractivity contribution in [2.75, 3.05) is 6.61 Å². The van der Waals surface area contributed by atoms with Gasteiger partial charge in [-0.3, -0.25) is 0 Å². The van der Waals surface area contributed by atoms with Gasteiger partial charge >= 0.3 is 0 Å². The Morgan fingerprint density at radius 3 is 2.64 bits per heavy atom. The molecular weight excluding hydrogens is 136 g/mol. The summed E-state index contributed by atoms with van der Waals surface area (Å²) in [6, 6.07) is 0. The van der Waals surface area contributed by atoms with Crippen LogP contribution in [-0.4, -0.2) is 12.7 Å². The molecule has 0 saturated carbocycles. The van der Waals surface area contributed by atoms with Gasteiger partial charge in [0.1, 0.15) is 0 Å². The van der Waals surface area contributed by atoms with Crippen molar-refractivity contribution in [1.29, 1.82) is 0 Å². The first-order valence-corrected chi connectivity index (χ1v) is 4.72. The fraction of sp³-hybridized carbons (Fsp3) is 0.900. The molecule has 0 bridgehead atoms. The van der Waals surface area contributed by atoms with Crippen LogP contribution < -0.4 is 0 Å². The van der Waals surface area contributed by atoms with Gasteiger partial charge in [-0.25, -0.2) is 0 Å². The van der Waals surface area contributed by atoms with Crippen LogP contribution in [0.5, 0.6) is 0 Å². The summed E-state index contributed by atoms with van der Waals surface area (Å²) in [6.07, 6.45) is 6.24. The topological polar surface area (TPSA) is 9.23 Å². The fourth-order valence-corrected chi connectivity index (χ4v) is 1.01. The molecule has 11 heavy (non-hydrogen) atoms. The highest BCUT2D eigenvalue weighted by atomic mass is 16.5. The summed E-state index contributed by atoms with van der Waals surface area (Å²) in [6.45, 7) is 9.05. The molecule has 0 saturated heterocycles. The van der Waals surface area contributed by atoms with Crippen LogP contribution in [0, 0.1) is 6.92 Å². The van der Waals surface area contributed by atoms with Crippen LogP contribution in [-0.2, 0) is 4.74 Å². The van der Waals surface area contributed by atoms with Crippen LogP contribution in [0.4, 0.5) is 0 Å². The molecule has 1 unspecified atom stereocenters. The maximum absolute atomic E-state index is 5.54. The smallest absolute Gasteiger partial charge is 0.0547 e. The Labute approximate surface area is 71.1 Å². The van der Waals surface area contributed by atoms with Gasteiger partial charge in [0, 0.05) is 6.61 Å². The molecule has 0 amide bonds. The van der Waals surface area contributed by atoms with Gasteiger partial charge in [-0.2, -0.15) is 0 Å². The first-order chi connectivity index (χ1) is 5.31. The van der Waals surface area contributed by atoms with Crippen LogP contribution in [0.15, 0.2) is 0 Å². The monoisotopic (exact) mass is 157 g/mol. The Morgan fingerprint density at radius 2 is 2.09 bits per heavy atom. The number of hydrogen-bond acceptors (Lipinski definition) is 1. The van der Waals surface area contributed by atoms with Crippen molar-refractivity contribution in [1.82, 2.24) is 0 Å². The van der Waals surface area contributed by atoms with Crippen LogP contribution in [0.1, 0.15) is 46.0 Å². The predicted molar refractivity (Wildman–Crippen MR) is 49.5 cm³/mol. The zero-order valence-electron chi connectivity index (χ0n) is 7.94. The second-order valence-electron chi connectivity index (χ2n) is 3.03. The van der Waals surface area contributed by atoms with Gasteiger partial charge in [-0.05, 0) is 19.8 Å². The summed E-state index contributed by atoms with van der Waals surface area (Å²) in [7, 11) is 0. The highest BCUT2D eigenvalue weighted by Gasteiger charge is 1.98. The van der Waals surface area contributed by atoms with Crippen molar-refractivity contribution < 1.29 is 4.74 Å². The third-order valence-electron chi connectivity index (χ3n) is 1.76. The van der Waals surface area contributed by atoms with Gasteiger partial charge in [0.05, 0.1) is 6.10 Å². The molecule has 0 aromatic carbocycles. The molecule has 0 aliphatic rings. The molecule has 0 heterocycles. The Hall–Kier alpha value is -0.0400. The van der Waals surface area contributed by atoms with Crippen LogP contribution in [0.2, 0.25) is 0 Å². The third kappa shape index (κ3) is 7.86. The van der Waals surface area contributed by atoms with E-state index in [0.717, 1.165) is 19.4 Å². The molecule has 1 nitrogen and oxygen atoms in total. The fourth-order valence-electron chi connectivity index (χ4n) is 1.01. The molecule has 1 heteroatoms. The lowest BCUT2D eigenvalue weighted by Crippen LogP contribution is -2.08. The molecule has 0 rings (SSSR count). The molecule has 0 fully saturated rings. The number of hydrogen-bond donors (Lipinski definition) is 0. The lowest BCUT2D eigenvalue weighted by molar-refractivity contribution is 0.0583. The Morgan fingerprint density at radius 1 is 1.36 bits per heavy atom. The normalized spacial score (nSPS) is 13.4. The van der Waals surface area contributed by atoms with Crippen LogP contribution >= 0.6 is 0 Å². The minimum absolute atomic E-state index is 0.407. The molecule has 0 spiro atoms. The largest absolute Gasteiger partial charge is 0.379 e. The predicted octanol–water partition coefficient (Wildman–Crippen LogP) is 3.20. The highest BCUT2D eigenvalue weighted by Crippen LogP contribution is 2.02. The Kier molecular flexibility index (Phi) is 8.03. The van der Waals surface area contributed by atoms with E-state index in [2.05, 4.69) is 20.8 Å². The Balaban J connectivity index is 2.97. The Bertz CT molecular complexity index is 71.3. The number of unbranched alkanes of at least 4 members (excludes halogenated alkanes) is 2. The van der Waals surface area contributed by atoms with Crippen LogP contribution in [0.25, 0.3) is 0 Å².